The molecular weight excluding hydrogens is 208 g/mol. The zero-order valence-electron chi connectivity index (χ0n) is 11.6. The molecule has 2 aliphatic carbocycles. The van der Waals surface area contributed by atoms with E-state index >= 15 is 0 Å². The molecule has 94 valence electrons. The molecule has 0 heterocycles. The highest BCUT2D eigenvalue weighted by Crippen LogP contribution is 2.54. The van der Waals surface area contributed by atoms with Crippen LogP contribution in [0.3, 0.4) is 0 Å². The molecule has 0 unspecified atom stereocenters. The summed E-state index contributed by atoms with van der Waals surface area (Å²) in [6, 6.07) is 0. The van der Waals surface area contributed by atoms with Crippen molar-refractivity contribution in [3.8, 4) is 0 Å². The third-order valence-corrected chi connectivity index (χ3v) is 4.90. The van der Waals surface area contributed by atoms with Gasteiger partial charge in [0.2, 0.25) is 0 Å². The summed E-state index contributed by atoms with van der Waals surface area (Å²) in [6.45, 7) is 8.83. The van der Waals surface area contributed by atoms with Crippen LogP contribution in [0.25, 0.3) is 0 Å². The molecule has 1 nitrogen and oxygen atoms in total. The predicted molar refractivity (Wildman–Crippen MR) is 71.8 cm³/mol. The Morgan fingerprint density at radius 1 is 1.41 bits per heavy atom. The lowest BCUT2D eigenvalue weighted by molar-refractivity contribution is -0.117. The first-order chi connectivity index (χ1) is 8.00. The molecular formula is C16H24O. The Labute approximate surface area is 105 Å². The van der Waals surface area contributed by atoms with Crippen LogP contribution in [0.1, 0.15) is 59.8 Å². The van der Waals surface area contributed by atoms with E-state index in [-0.39, 0.29) is 5.41 Å². The van der Waals surface area contributed by atoms with E-state index in [9.17, 15) is 4.79 Å². The molecule has 0 bridgehead atoms. The maximum atomic E-state index is 12.1. The number of rotatable bonds is 3. The molecule has 17 heavy (non-hydrogen) atoms. The van der Waals surface area contributed by atoms with Crippen molar-refractivity contribution in [2.75, 3.05) is 0 Å². The topological polar surface area (TPSA) is 17.1 Å². The molecule has 0 fully saturated rings. The lowest BCUT2D eigenvalue weighted by Gasteiger charge is -2.40. The van der Waals surface area contributed by atoms with Gasteiger partial charge in [-0.3, -0.25) is 4.79 Å². The number of carbonyl (C=O) groups is 1. The second-order valence-corrected chi connectivity index (χ2v) is 5.96. The zero-order chi connectivity index (χ0) is 12.6. The van der Waals surface area contributed by atoms with Crippen molar-refractivity contribution in [3.05, 3.63) is 22.8 Å². The molecule has 0 N–H and O–H groups in total. The molecule has 2 aliphatic rings. The SMILES string of the molecule is CCCCC1=C(C)C(=O)C[C@H]2C(C)=CC[C@@]12C. The van der Waals surface area contributed by atoms with Crippen molar-refractivity contribution >= 4 is 5.78 Å². The van der Waals surface area contributed by atoms with Gasteiger partial charge in [-0.1, -0.05) is 37.5 Å². The molecule has 0 amide bonds. The van der Waals surface area contributed by atoms with Crippen molar-refractivity contribution in [2.45, 2.75) is 59.8 Å². The number of fused-ring (bicyclic) bond motifs is 1. The van der Waals surface area contributed by atoms with E-state index in [0.29, 0.717) is 11.7 Å². The number of allylic oxidation sites excluding steroid dienone is 4. The zero-order valence-corrected chi connectivity index (χ0v) is 11.6. The number of Topliss-reactive ketones (excluding diaryl/α,β-unsaturated/α-hetero) is 1. The average Bonchev–Trinajstić information content (AvgIpc) is 2.58. The molecule has 0 aromatic heterocycles. The van der Waals surface area contributed by atoms with E-state index in [1.165, 1.54) is 24.0 Å². The predicted octanol–water partition coefficient (Wildman–Crippen LogP) is 4.44. The van der Waals surface area contributed by atoms with Gasteiger partial charge >= 0.3 is 0 Å². The van der Waals surface area contributed by atoms with E-state index in [1.807, 2.05) is 6.92 Å². The van der Waals surface area contributed by atoms with E-state index in [0.717, 1.165) is 24.8 Å². The molecule has 0 saturated heterocycles. The fourth-order valence-electron chi connectivity index (χ4n) is 3.64. The fraction of sp³-hybridized carbons (Fsp3) is 0.688. The minimum Gasteiger partial charge on any atom is -0.295 e. The summed E-state index contributed by atoms with van der Waals surface area (Å²) < 4.78 is 0. The summed E-state index contributed by atoms with van der Waals surface area (Å²) in [4.78, 5) is 12.1. The fourth-order valence-corrected chi connectivity index (χ4v) is 3.64. The van der Waals surface area contributed by atoms with Gasteiger partial charge in [-0.15, -0.1) is 0 Å². The Bertz CT molecular complexity index is 400. The lowest BCUT2D eigenvalue weighted by atomic mass is 9.63. The molecule has 0 aromatic rings. The van der Waals surface area contributed by atoms with Crippen molar-refractivity contribution in [1.82, 2.24) is 0 Å². The van der Waals surface area contributed by atoms with Crippen LogP contribution in [0.5, 0.6) is 0 Å². The molecule has 0 aliphatic heterocycles. The molecule has 0 radical (unpaired) electrons. The normalized spacial score (nSPS) is 32.8. The minimum absolute atomic E-state index is 0.247. The molecule has 1 heteroatoms. The van der Waals surface area contributed by atoms with E-state index in [2.05, 4.69) is 26.8 Å². The number of hydrogen-bond donors (Lipinski definition) is 0. The third-order valence-electron chi connectivity index (χ3n) is 4.90. The lowest BCUT2D eigenvalue weighted by Crippen LogP contribution is -2.34. The van der Waals surface area contributed by atoms with Crippen molar-refractivity contribution < 1.29 is 4.79 Å². The molecule has 0 aromatic carbocycles. The minimum atomic E-state index is 0.247. The number of unbranched alkanes of at least 4 members (excludes halogenated alkanes) is 1. The van der Waals surface area contributed by atoms with Gasteiger partial charge in [0, 0.05) is 6.42 Å². The molecule has 0 saturated carbocycles. The Balaban J connectivity index is 2.37. The van der Waals surface area contributed by atoms with Gasteiger partial charge in [0.05, 0.1) is 0 Å². The van der Waals surface area contributed by atoms with Crippen molar-refractivity contribution in [3.63, 3.8) is 0 Å². The standard InChI is InChI=1S/C16H24O/c1-5-6-7-13-12(3)15(17)10-14-11(2)8-9-16(13,14)4/h8,14H,5-7,9-10H2,1-4H3/t14-,16-/m0/s1. The van der Waals surface area contributed by atoms with E-state index in [1.54, 1.807) is 0 Å². The van der Waals surface area contributed by atoms with Gasteiger partial charge < -0.3 is 0 Å². The maximum Gasteiger partial charge on any atom is 0.159 e. The summed E-state index contributed by atoms with van der Waals surface area (Å²) >= 11 is 0. The maximum absolute atomic E-state index is 12.1. The monoisotopic (exact) mass is 232 g/mol. The van der Waals surface area contributed by atoms with Gasteiger partial charge in [0.1, 0.15) is 0 Å². The van der Waals surface area contributed by atoms with E-state index < -0.39 is 0 Å². The Morgan fingerprint density at radius 2 is 2.12 bits per heavy atom. The highest BCUT2D eigenvalue weighted by Gasteiger charge is 2.46. The first kappa shape index (κ1) is 12.6. The van der Waals surface area contributed by atoms with Crippen LogP contribution in [0.2, 0.25) is 0 Å². The number of carbonyl (C=O) groups excluding carboxylic acids is 1. The summed E-state index contributed by atoms with van der Waals surface area (Å²) in [5, 5.41) is 0. The van der Waals surface area contributed by atoms with Crippen LogP contribution < -0.4 is 0 Å². The van der Waals surface area contributed by atoms with Crippen molar-refractivity contribution in [2.24, 2.45) is 11.3 Å². The van der Waals surface area contributed by atoms with Gasteiger partial charge in [-0.05, 0) is 50.0 Å². The van der Waals surface area contributed by atoms with Crippen LogP contribution in [0.15, 0.2) is 22.8 Å². The van der Waals surface area contributed by atoms with Crippen LogP contribution in [-0.4, -0.2) is 5.78 Å². The van der Waals surface area contributed by atoms with Crippen molar-refractivity contribution in [1.29, 1.82) is 0 Å². The second-order valence-electron chi connectivity index (χ2n) is 5.96. The van der Waals surface area contributed by atoms with Gasteiger partial charge in [-0.25, -0.2) is 0 Å². The largest absolute Gasteiger partial charge is 0.295 e. The first-order valence-electron chi connectivity index (χ1n) is 6.90. The third kappa shape index (κ3) is 1.90. The summed E-state index contributed by atoms with van der Waals surface area (Å²) in [7, 11) is 0. The Hall–Kier alpha value is -0.850. The first-order valence-corrected chi connectivity index (χ1v) is 6.90. The Kier molecular flexibility index (Phi) is 3.29. The van der Waals surface area contributed by atoms with Crippen LogP contribution >= 0.6 is 0 Å². The van der Waals surface area contributed by atoms with Gasteiger partial charge in [-0.2, -0.15) is 0 Å². The van der Waals surface area contributed by atoms with Crippen LogP contribution in [-0.2, 0) is 4.79 Å². The second kappa shape index (κ2) is 4.44. The smallest absolute Gasteiger partial charge is 0.159 e. The quantitative estimate of drug-likeness (QED) is 0.657. The Morgan fingerprint density at radius 3 is 2.76 bits per heavy atom. The highest BCUT2D eigenvalue weighted by molar-refractivity contribution is 5.97. The van der Waals surface area contributed by atoms with Crippen LogP contribution in [0, 0.1) is 11.3 Å². The van der Waals surface area contributed by atoms with Crippen LogP contribution in [0.4, 0.5) is 0 Å². The van der Waals surface area contributed by atoms with E-state index in [4.69, 9.17) is 0 Å². The summed E-state index contributed by atoms with van der Waals surface area (Å²) in [5.41, 5.74) is 4.20. The number of ketones is 1. The molecule has 2 atom stereocenters. The summed E-state index contributed by atoms with van der Waals surface area (Å²) in [6.07, 6.45) is 7.75. The number of hydrogen-bond acceptors (Lipinski definition) is 1. The van der Waals surface area contributed by atoms with Gasteiger partial charge in [0.15, 0.2) is 5.78 Å². The average molecular weight is 232 g/mol. The summed E-state index contributed by atoms with van der Waals surface area (Å²) in [5.74, 6) is 0.860. The molecule has 0 spiro atoms. The van der Waals surface area contributed by atoms with Gasteiger partial charge in [0.25, 0.3) is 0 Å². The molecule has 2 rings (SSSR count). The highest BCUT2D eigenvalue weighted by atomic mass is 16.1.